The molecule has 2 atom stereocenters. The van der Waals surface area contributed by atoms with Gasteiger partial charge in [-0.2, -0.15) is 8.78 Å². The van der Waals surface area contributed by atoms with Gasteiger partial charge in [0.25, 0.3) is 0 Å². The lowest BCUT2D eigenvalue weighted by molar-refractivity contribution is -0.171. The first kappa shape index (κ1) is 24.6. The molecule has 7 nitrogen and oxygen atoms in total. The number of hydrogen-bond donors (Lipinski definition) is 3. The Morgan fingerprint density at radius 1 is 1.03 bits per heavy atom. The fourth-order valence-electron chi connectivity index (χ4n) is 4.63. The molecule has 1 fully saturated rings. The molecule has 2 aromatic rings. The molecule has 0 bridgehead atoms. The van der Waals surface area contributed by atoms with Crippen LogP contribution in [0.1, 0.15) is 49.7 Å². The maximum atomic E-state index is 14.0. The molecular weight excluding hydrogens is 458 g/mol. The first-order chi connectivity index (χ1) is 16.7. The monoisotopic (exact) mass is 486 g/mol. The lowest BCUT2D eigenvalue weighted by Crippen LogP contribution is -2.54. The summed E-state index contributed by atoms with van der Waals surface area (Å²) in [6, 6.07) is 13.5. The molecule has 2 aliphatic carbocycles. The van der Waals surface area contributed by atoms with Crippen molar-refractivity contribution in [3.05, 3.63) is 59.7 Å². The van der Waals surface area contributed by atoms with Crippen molar-refractivity contribution in [2.75, 3.05) is 6.61 Å². The Labute approximate surface area is 201 Å². The van der Waals surface area contributed by atoms with Crippen LogP contribution >= 0.6 is 0 Å². The van der Waals surface area contributed by atoms with Crippen molar-refractivity contribution in [3.63, 3.8) is 0 Å². The molecule has 0 radical (unpaired) electrons. The number of halogens is 2. The minimum Gasteiger partial charge on any atom is -0.477 e. The molecule has 2 unspecified atom stereocenters. The third-order valence-corrected chi connectivity index (χ3v) is 6.68. The van der Waals surface area contributed by atoms with E-state index in [1.807, 2.05) is 48.5 Å². The van der Waals surface area contributed by atoms with Gasteiger partial charge in [-0.15, -0.1) is 0 Å². The van der Waals surface area contributed by atoms with Crippen molar-refractivity contribution >= 4 is 18.0 Å². The van der Waals surface area contributed by atoms with Gasteiger partial charge in [0, 0.05) is 18.4 Å². The van der Waals surface area contributed by atoms with Crippen molar-refractivity contribution in [3.8, 4) is 11.1 Å². The lowest BCUT2D eigenvalue weighted by atomic mass is 9.98. The standard InChI is InChI=1S/C26H28F2N2O5/c1-2-16(13-22(31)30-23(15-11-12-15)26(27,28)24(32)33)29-25(34)35-14-21-19-9-5-3-7-17(19)18-8-4-6-10-20(18)21/h3-10,15-16,21,23H,2,11-14H2,1H3,(H,29,34)(H,30,31)(H,32,33). The number of alkyl carbamates (subject to hydrolysis) is 1. The number of aliphatic carboxylic acids is 1. The summed E-state index contributed by atoms with van der Waals surface area (Å²) in [4.78, 5) is 35.9. The average molecular weight is 487 g/mol. The van der Waals surface area contributed by atoms with Gasteiger partial charge in [0.15, 0.2) is 0 Å². The van der Waals surface area contributed by atoms with Crippen molar-refractivity contribution in [2.45, 2.75) is 56.5 Å². The molecule has 35 heavy (non-hydrogen) atoms. The number of carbonyl (C=O) groups is 3. The molecule has 0 heterocycles. The van der Waals surface area contributed by atoms with E-state index in [4.69, 9.17) is 9.84 Å². The Balaban J connectivity index is 1.33. The molecule has 0 aromatic heterocycles. The van der Waals surface area contributed by atoms with Crippen LogP contribution in [-0.4, -0.2) is 47.7 Å². The van der Waals surface area contributed by atoms with Crippen molar-refractivity contribution in [1.82, 2.24) is 10.6 Å². The third kappa shape index (κ3) is 5.28. The number of fused-ring (bicyclic) bond motifs is 3. The molecule has 2 aromatic carbocycles. The number of carboxylic acids is 1. The molecule has 0 saturated heterocycles. The fraction of sp³-hybridized carbons (Fsp3) is 0.423. The van der Waals surface area contributed by atoms with Gasteiger partial charge >= 0.3 is 18.0 Å². The number of alkyl halides is 2. The first-order valence-corrected chi connectivity index (χ1v) is 11.7. The van der Waals surface area contributed by atoms with E-state index in [1.54, 1.807) is 6.92 Å². The Hall–Kier alpha value is -3.49. The molecule has 2 aliphatic rings. The Kier molecular flexibility index (Phi) is 7.05. The number of carbonyl (C=O) groups excluding carboxylic acids is 2. The highest BCUT2D eigenvalue weighted by Gasteiger charge is 2.54. The molecular formula is C26H28F2N2O5. The molecule has 1 saturated carbocycles. The zero-order chi connectivity index (χ0) is 25.2. The largest absolute Gasteiger partial charge is 0.477 e. The normalized spacial score (nSPS) is 16.5. The molecule has 9 heteroatoms. The second kappa shape index (κ2) is 10.0. The molecule has 4 rings (SSSR count). The van der Waals surface area contributed by atoms with Gasteiger partial charge in [0.2, 0.25) is 5.91 Å². The summed E-state index contributed by atoms with van der Waals surface area (Å²) in [5, 5.41) is 13.6. The van der Waals surface area contributed by atoms with Gasteiger partial charge in [-0.1, -0.05) is 55.5 Å². The predicted molar refractivity (Wildman–Crippen MR) is 124 cm³/mol. The maximum Gasteiger partial charge on any atom is 0.407 e. The van der Waals surface area contributed by atoms with E-state index >= 15 is 0 Å². The SMILES string of the molecule is CCC(CC(=O)NC(C1CC1)C(F)(F)C(=O)O)NC(=O)OCC1c2ccccc2-c2ccccc21. The number of benzene rings is 2. The van der Waals surface area contributed by atoms with Gasteiger partial charge in [0.1, 0.15) is 12.6 Å². The van der Waals surface area contributed by atoms with E-state index in [0.29, 0.717) is 19.3 Å². The second-order valence-corrected chi connectivity index (χ2v) is 9.09. The fourth-order valence-corrected chi connectivity index (χ4v) is 4.63. The van der Waals surface area contributed by atoms with Gasteiger partial charge in [-0.25, -0.2) is 9.59 Å². The van der Waals surface area contributed by atoms with E-state index in [1.165, 1.54) is 0 Å². The smallest absolute Gasteiger partial charge is 0.407 e. The van der Waals surface area contributed by atoms with Crippen LogP contribution in [0.15, 0.2) is 48.5 Å². The lowest BCUT2D eigenvalue weighted by Gasteiger charge is -2.25. The number of hydrogen-bond acceptors (Lipinski definition) is 4. The highest BCUT2D eigenvalue weighted by Crippen LogP contribution is 2.44. The van der Waals surface area contributed by atoms with Gasteiger partial charge in [-0.05, 0) is 47.4 Å². The average Bonchev–Trinajstić information content (AvgIpc) is 3.63. The van der Waals surface area contributed by atoms with E-state index < -0.39 is 41.9 Å². The number of nitrogens with one attached hydrogen (secondary N) is 2. The molecule has 186 valence electrons. The minimum absolute atomic E-state index is 0.108. The number of amides is 2. The summed E-state index contributed by atoms with van der Waals surface area (Å²) in [6.07, 6.45) is 0.258. The molecule has 0 aliphatic heterocycles. The summed E-state index contributed by atoms with van der Waals surface area (Å²) in [7, 11) is 0. The van der Waals surface area contributed by atoms with Crippen LogP contribution in [0.3, 0.4) is 0 Å². The highest BCUT2D eigenvalue weighted by atomic mass is 19.3. The second-order valence-electron chi connectivity index (χ2n) is 9.09. The zero-order valence-corrected chi connectivity index (χ0v) is 19.3. The Morgan fingerprint density at radius 2 is 1.60 bits per heavy atom. The molecule has 0 spiro atoms. The van der Waals surface area contributed by atoms with E-state index in [9.17, 15) is 23.2 Å². The number of ether oxygens (including phenoxy) is 1. The minimum atomic E-state index is -4.06. The van der Waals surface area contributed by atoms with Gasteiger partial charge in [-0.3, -0.25) is 4.79 Å². The highest BCUT2D eigenvalue weighted by molar-refractivity contribution is 5.82. The summed E-state index contributed by atoms with van der Waals surface area (Å²) < 4.78 is 33.6. The number of rotatable bonds is 10. The van der Waals surface area contributed by atoms with Crippen LogP contribution in [0.4, 0.5) is 13.6 Å². The zero-order valence-electron chi connectivity index (χ0n) is 19.3. The van der Waals surface area contributed by atoms with E-state index in [2.05, 4.69) is 10.6 Å². The maximum absolute atomic E-state index is 14.0. The van der Waals surface area contributed by atoms with E-state index in [-0.39, 0.29) is 18.9 Å². The summed E-state index contributed by atoms with van der Waals surface area (Å²) in [5.74, 6) is -7.75. The number of carboxylic acid groups (broad SMARTS) is 1. The summed E-state index contributed by atoms with van der Waals surface area (Å²) >= 11 is 0. The van der Waals surface area contributed by atoms with Crippen LogP contribution in [-0.2, 0) is 14.3 Å². The van der Waals surface area contributed by atoms with Crippen LogP contribution in [0.25, 0.3) is 11.1 Å². The predicted octanol–water partition coefficient (Wildman–Crippen LogP) is 4.31. The Morgan fingerprint density at radius 3 is 2.11 bits per heavy atom. The van der Waals surface area contributed by atoms with Crippen molar-refractivity contribution in [1.29, 1.82) is 0 Å². The first-order valence-electron chi connectivity index (χ1n) is 11.7. The van der Waals surface area contributed by atoms with Crippen molar-refractivity contribution < 1.29 is 33.0 Å². The topological polar surface area (TPSA) is 105 Å². The quantitative estimate of drug-likeness (QED) is 0.464. The Bertz CT molecular complexity index is 1070. The van der Waals surface area contributed by atoms with Crippen LogP contribution < -0.4 is 10.6 Å². The summed E-state index contributed by atoms with van der Waals surface area (Å²) in [6.45, 7) is 1.85. The van der Waals surface area contributed by atoms with Crippen LogP contribution in [0.5, 0.6) is 0 Å². The third-order valence-electron chi connectivity index (χ3n) is 6.68. The molecule has 3 N–H and O–H groups in total. The van der Waals surface area contributed by atoms with Crippen LogP contribution in [0, 0.1) is 5.92 Å². The molecule has 2 amide bonds. The van der Waals surface area contributed by atoms with Gasteiger partial charge in [0.05, 0.1) is 0 Å². The van der Waals surface area contributed by atoms with Crippen molar-refractivity contribution in [2.24, 2.45) is 5.92 Å². The van der Waals surface area contributed by atoms with Gasteiger partial charge < -0.3 is 20.5 Å². The summed E-state index contributed by atoms with van der Waals surface area (Å²) in [5.41, 5.74) is 4.34. The van der Waals surface area contributed by atoms with E-state index in [0.717, 1.165) is 22.3 Å². The van der Waals surface area contributed by atoms with Crippen LogP contribution in [0.2, 0.25) is 0 Å².